The molecule has 2 aliphatic rings. The summed E-state index contributed by atoms with van der Waals surface area (Å²) in [7, 11) is 0.856. The lowest BCUT2D eigenvalue weighted by Gasteiger charge is -2.37. The second kappa shape index (κ2) is 15.9. The van der Waals surface area contributed by atoms with Crippen molar-refractivity contribution in [3.8, 4) is 28.4 Å². The van der Waals surface area contributed by atoms with Crippen LogP contribution in [0.4, 0.5) is 5.69 Å². The minimum absolute atomic E-state index is 0.129. The highest BCUT2D eigenvalue weighted by atomic mass is 35.5. The highest BCUT2D eigenvalue weighted by molar-refractivity contribution is 7.89. The Balaban J connectivity index is 1.49. The van der Waals surface area contributed by atoms with Crippen LogP contribution in [0.2, 0.25) is 5.02 Å². The minimum Gasteiger partial charge on any atom is -0.493 e. The fourth-order valence-corrected chi connectivity index (χ4v) is 8.33. The Morgan fingerprint density at radius 1 is 0.961 bits per heavy atom. The van der Waals surface area contributed by atoms with E-state index in [4.69, 9.17) is 25.8 Å². The van der Waals surface area contributed by atoms with Crippen LogP contribution < -0.4 is 30.3 Å². The number of nitrogens with zero attached hydrogens (tertiary/aromatic N) is 2. The third-order valence-corrected chi connectivity index (χ3v) is 11.9. The van der Waals surface area contributed by atoms with Crippen molar-refractivity contribution in [3.05, 3.63) is 74.9 Å². The van der Waals surface area contributed by atoms with E-state index in [-0.39, 0.29) is 59.9 Å². The number of fused-ring (bicyclic) bond motifs is 3. The number of methoxy groups -OCH3 is 3. The predicted molar refractivity (Wildman–Crippen MR) is 196 cm³/mol. The number of aryl methyl sites for hydroxylation is 1. The van der Waals surface area contributed by atoms with Crippen LogP contribution in [0.3, 0.4) is 0 Å². The van der Waals surface area contributed by atoms with Crippen molar-refractivity contribution in [3.63, 3.8) is 0 Å². The standard InChI is InChI=1S/C37H45ClN4O8S/c1-7-22(2)34(37(45)41-16-18-42(19-17-41)51(46,47)26-11-9-25(38)10-12-26)40-30-15-13-27-28(21-31(30)44)29(39-23(3)43)14-8-24-20-32(48-4)35(49-5)36(50-6)33(24)27/h9-13,15,20-22,29,34H,7-8,14,16-19H2,1-6H3,(H,39,43)(H,40,44)/t22-,29+,34+/m1/s1. The summed E-state index contributed by atoms with van der Waals surface area (Å²) in [4.78, 5) is 42.3. The van der Waals surface area contributed by atoms with Crippen LogP contribution in [0.5, 0.6) is 17.2 Å². The van der Waals surface area contributed by atoms with Crippen LogP contribution >= 0.6 is 11.6 Å². The summed E-state index contributed by atoms with van der Waals surface area (Å²) in [6.45, 7) is 5.99. The van der Waals surface area contributed by atoms with Gasteiger partial charge in [-0.25, -0.2) is 8.42 Å². The van der Waals surface area contributed by atoms with E-state index in [1.54, 1.807) is 18.1 Å². The zero-order chi connectivity index (χ0) is 37.0. The molecule has 1 fully saturated rings. The molecule has 1 heterocycles. The lowest BCUT2D eigenvalue weighted by Crippen LogP contribution is -2.55. The van der Waals surface area contributed by atoms with Gasteiger partial charge in [0, 0.05) is 43.7 Å². The van der Waals surface area contributed by atoms with Gasteiger partial charge in [0.2, 0.25) is 33.0 Å². The second-order valence-electron chi connectivity index (χ2n) is 12.8. The first-order chi connectivity index (χ1) is 24.3. The molecule has 1 aliphatic heterocycles. The van der Waals surface area contributed by atoms with Gasteiger partial charge >= 0.3 is 0 Å². The summed E-state index contributed by atoms with van der Waals surface area (Å²) in [5.74, 6) is 0.715. The van der Waals surface area contributed by atoms with Crippen molar-refractivity contribution in [2.75, 3.05) is 52.8 Å². The van der Waals surface area contributed by atoms with E-state index >= 15 is 0 Å². The highest BCUT2D eigenvalue weighted by Crippen LogP contribution is 2.50. The van der Waals surface area contributed by atoms with Crippen molar-refractivity contribution in [2.45, 2.75) is 57.0 Å². The lowest BCUT2D eigenvalue weighted by molar-refractivity contribution is -0.134. The Kier molecular flexibility index (Phi) is 11.8. The average molecular weight is 741 g/mol. The van der Waals surface area contributed by atoms with E-state index in [2.05, 4.69) is 10.6 Å². The number of carbonyl (C=O) groups excluding carboxylic acids is 2. The summed E-state index contributed by atoms with van der Waals surface area (Å²) in [5, 5.41) is 6.71. The zero-order valence-electron chi connectivity index (χ0n) is 29.7. The molecule has 2 amide bonds. The topological polar surface area (TPSA) is 144 Å². The molecule has 0 aromatic heterocycles. The number of benzene rings is 2. The molecule has 51 heavy (non-hydrogen) atoms. The first kappa shape index (κ1) is 37.9. The summed E-state index contributed by atoms with van der Waals surface area (Å²) in [5.41, 5.74) is 2.77. The number of halogens is 1. The maximum Gasteiger partial charge on any atom is 0.245 e. The number of rotatable bonds is 11. The molecular weight excluding hydrogens is 696 g/mol. The Bertz CT molecular complexity index is 1950. The van der Waals surface area contributed by atoms with Gasteiger partial charge in [0.1, 0.15) is 6.04 Å². The van der Waals surface area contributed by atoms with Crippen LogP contribution in [0.1, 0.15) is 50.8 Å². The van der Waals surface area contributed by atoms with E-state index in [9.17, 15) is 22.8 Å². The number of ether oxygens (including phenoxy) is 3. The van der Waals surface area contributed by atoms with Crippen molar-refractivity contribution >= 4 is 39.1 Å². The van der Waals surface area contributed by atoms with E-state index in [1.807, 2.05) is 26.0 Å². The number of piperazine rings is 1. The van der Waals surface area contributed by atoms with E-state index in [1.165, 1.54) is 55.8 Å². The SMILES string of the molecule is CC[C@@H](C)[C@H](Nc1ccc2c(cc1=O)[C@@H](NC(C)=O)CCc1cc(OC)c(OC)c(OC)c1-2)C(=O)N1CCN(S(=O)(=O)c2ccc(Cl)cc2)CC1. The van der Waals surface area contributed by atoms with Crippen molar-refractivity contribution in [1.29, 1.82) is 0 Å². The van der Waals surface area contributed by atoms with Crippen molar-refractivity contribution in [1.82, 2.24) is 14.5 Å². The van der Waals surface area contributed by atoms with Gasteiger partial charge in [-0.2, -0.15) is 4.31 Å². The van der Waals surface area contributed by atoms with Gasteiger partial charge < -0.3 is 29.7 Å². The van der Waals surface area contributed by atoms with Crippen LogP contribution in [-0.4, -0.2) is 83.0 Å². The van der Waals surface area contributed by atoms with Gasteiger partial charge in [0.05, 0.1) is 38.0 Å². The average Bonchev–Trinajstić information content (AvgIpc) is 3.37. The molecule has 1 saturated heterocycles. The molecule has 2 N–H and O–H groups in total. The maximum atomic E-state index is 14.1. The molecule has 1 aliphatic carbocycles. The molecule has 14 heteroatoms. The molecule has 274 valence electrons. The van der Waals surface area contributed by atoms with Crippen LogP contribution in [0.25, 0.3) is 11.1 Å². The number of sulfonamides is 1. The highest BCUT2D eigenvalue weighted by Gasteiger charge is 2.35. The van der Waals surface area contributed by atoms with Crippen molar-refractivity contribution < 1.29 is 32.2 Å². The Hall–Kier alpha value is -4.33. The quantitative estimate of drug-likeness (QED) is 0.281. The van der Waals surface area contributed by atoms with Gasteiger partial charge in [-0.15, -0.1) is 0 Å². The molecular formula is C37H45ClN4O8S. The molecule has 3 aromatic carbocycles. The molecule has 0 bridgehead atoms. The normalized spacial score (nSPS) is 17.2. The predicted octanol–water partition coefficient (Wildman–Crippen LogP) is 4.88. The molecule has 3 atom stereocenters. The Morgan fingerprint density at radius 2 is 1.63 bits per heavy atom. The molecule has 0 radical (unpaired) electrons. The number of hydrogen-bond donors (Lipinski definition) is 2. The largest absolute Gasteiger partial charge is 0.493 e. The van der Waals surface area contributed by atoms with Crippen LogP contribution in [0, 0.1) is 5.92 Å². The first-order valence-electron chi connectivity index (χ1n) is 16.9. The lowest BCUT2D eigenvalue weighted by atomic mass is 9.95. The fourth-order valence-electron chi connectivity index (χ4n) is 6.78. The molecule has 12 nitrogen and oxygen atoms in total. The molecule has 0 spiro atoms. The fraction of sp³-hybridized carbons (Fsp3) is 0.432. The van der Waals surface area contributed by atoms with Crippen molar-refractivity contribution in [2.24, 2.45) is 5.92 Å². The summed E-state index contributed by atoms with van der Waals surface area (Å²) in [6, 6.07) is 11.6. The molecule has 5 rings (SSSR count). The Morgan fingerprint density at radius 3 is 2.22 bits per heavy atom. The molecule has 3 aromatic rings. The zero-order valence-corrected chi connectivity index (χ0v) is 31.3. The summed E-state index contributed by atoms with van der Waals surface area (Å²) in [6.07, 6.45) is 1.72. The van der Waals surface area contributed by atoms with E-state index in [0.717, 1.165) is 11.1 Å². The number of anilines is 1. The molecule has 0 unspecified atom stereocenters. The number of nitrogens with one attached hydrogen (secondary N) is 2. The minimum atomic E-state index is -3.76. The van der Waals surface area contributed by atoms with Gasteiger partial charge in [-0.3, -0.25) is 14.4 Å². The van der Waals surface area contributed by atoms with E-state index in [0.29, 0.717) is 52.7 Å². The smallest absolute Gasteiger partial charge is 0.245 e. The van der Waals surface area contributed by atoms with Gasteiger partial charge in [-0.1, -0.05) is 37.9 Å². The summed E-state index contributed by atoms with van der Waals surface area (Å²) >= 11 is 5.95. The second-order valence-corrected chi connectivity index (χ2v) is 15.2. The number of hydrogen-bond acceptors (Lipinski definition) is 9. The van der Waals surface area contributed by atoms with Crippen LogP contribution in [-0.2, 0) is 26.0 Å². The summed E-state index contributed by atoms with van der Waals surface area (Å²) < 4.78 is 45.1. The number of carbonyl (C=O) groups is 2. The van der Waals surface area contributed by atoms with Gasteiger partial charge in [0.15, 0.2) is 11.5 Å². The Labute approximate surface area is 304 Å². The van der Waals surface area contributed by atoms with Gasteiger partial charge in [-0.05, 0) is 77.9 Å². The third kappa shape index (κ3) is 7.80. The number of amides is 2. The monoisotopic (exact) mass is 740 g/mol. The van der Waals surface area contributed by atoms with Crippen LogP contribution in [0.15, 0.2) is 58.2 Å². The maximum absolute atomic E-state index is 14.1. The third-order valence-electron chi connectivity index (χ3n) is 9.71. The van der Waals surface area contributed by atoms with E-state index < -0.39 is 22.1 Å². The first-order valence-corrected chi connectivity index (χ1v) is 18.7. The van der Waals surface area contributed by atoms with Gasteiger partial charge in [0.25, 0.3) is 0 Å². The molecule has 0 saturated carbocycles.